The molecule has 2 rings (SSSR count). The maximum Gasteiger partial charge on any atom is 0.428 e. The minimum Gasteiger partial charge on any atom is -0.461 e. The summed E-state index contributed by atoms with van der Waals surface area (Å²) in [5.74, 6) is -0.599. The molecule has 2 aromatic rings. The number of hydrogen-bond acceptors (Lipinski definition) is 6. The highest BCUT2D eigenvalue weighted by atomic mass is 32.1. The lowest BCUT2D eigenvalue weighted by Gasteiger charge is -2.06. The van der Waals surface area contributed by atoms with E-state index in [1.54, 1.807) is 24.4 Å². The highest BCUT2D eigenvalue weighted by molar-refractivity contribution is 7.13. The van der Waals surface area contributed by atoms with Gasteiger partial charge in [0.1, 0.15) is 6.61 Å². The Bertz CT molecular complexity index is 669. The molecule has 0 atom stereocenters. The highest BCUT2D eigenvalue weighted by Crippen LogP contribution is 2.11. The second kappa shape index (κ2) is 8.70. The summed E-state index contributed by atoms with van der Waals surface area (Å²) in [4.78, 5) is 24.2. The van der Waals surface area contributed by atoms with Crippen LogP contribution in [-0.2, 0) is 20.9 Å². The van der Waals surface area contributed by atoms with E-state index in [0.29, 0.717) is 4.88 Å². The number of nitrogens with one attached hydrogen (secondary N) is 1. The number of thiophene rings is 1. The van der Waals surface area contributed by atoms with Gasteiger partial charge in [-0.1, -0.05) is 36.4 Å². The van der Waals surface area contributed by atoms with E-state index < -0.39 is 12.1 Å². The van der Waals surface area contributed by atoms with E-state index in [9.17, 15) is 9.59 Å². The van der Waals surface area contributed by atoms with Crippen LogP contribution in [0.5, 0.6) is 0 Å². The fourth-order valence-corrected chi connectivity index (χ4v) is 2.37. The number of carbonyl (C=O) groups is 2. The quantitative estimate of drug-likeness (QED) is 0.501. The van der Waals surface area contributed by atoms with Gasteiger partial charge in [0.25, 0.3) is 0 Å². The number of nitrogens with zero attached hydrogens (tertiary/aromatic N) is 1. The summed E-state index contributed by atoms with van der Waals surface area (Å²) >= 11 is 1.32. The molecule has 0 bridgehead atoms. The van der Waals surface area contributed by atoms with Crippen LogP contribution in [0.4, 0.5) is 4.79 Å². The predicted octanol–water partition coefficient (Wildman–Crippen LogP) is 2.94. The molecule has 1 heterocycles. The van der Waals surface area contributed by atoms with Gasteiger partial charge in [-0.05, 0) is 23.9 Å². The van der Waals surface area contributed by atoms with Gasteiger partial charge >= 0.3 is 12.1 Å². The van der Waals surface area contributed by atoms with E-state index >= 15 is 0 Å². The molecule has 1 aromatic carbocycles. The van der Waals surface area contributed by atoms with Crippen molar-refractivity contribution in [2.24, 2.45) is 5.10 Å². The monoisotopic (exact) mass is 332 g/mol. The smallest absolute Gasteiger partial charge is 0.428 e. The largest absolute Gasteiger partial charge is 0.461 e. The Labute approximate surface area is 137 Å². The maximum atomic E-state index is 11.9. The number of benzene rings is 1. The van der Waals surface area contributed by atoms with Crippen LogP contribution in [-0.4, -0.2) is 24.4 Å². The first kappa shape index (κ1) is 16.7. The first-order valence-electron chi connectivity index (χ1n) is 6.96. The van der Waals surface area contributed by atoms with E-state index in [2.05, 4.69) is 10.5 Å². The number of hydrogen-bond donors (Lipinski definition) is 1. The third-order valence-electron chi connectivity index (χ3n) is 2.70. The van der Waals surface area contributed by atoms with Crippen molar-refractivity contribution < 1.29 is 19.1 Å². The Morgan fingerprint density at radius 1 is 1.13 bits per heavy atom. The van der Waals surface area contributed by atoms with Gasteiger partial charge in [0, 0.05) is 0 Å². The van der Waals surface area contributed by atoms with Crippen molar-refractivity contribution in [3.63, 3.8) is 0 Å². The molecule has 23 heavy (non-hydrogen) atoms. The van der Waals surface area contributed by atoms with Gasteiger partial charge in [0.2, 0.25) is 0 Å². The third-order valence-corrected chi connectivity index (χ3v) is 3.57. The minimum absolute atomic E-state index is 0.0403. The van der Waals surface area contributed by atoms with Gasteiger partial charge in [-0.25, -0.2) is 15.0 Å². The molecule has 0 aliphatic rings. The average molecular weight is 332 g/mol. The van der Waals surface area contributed by atoms with Crippen molar-refractivity contribution >= 4 is 29.1 Å². The van der Waals surface area contributed by atoms with Crippen molar-refractivity contribution in [2.75, 3.05) is 6.61 Å². The standard InChI is InChI=1S/C16H16N2O4S/c1-2-21-15(19)14(13-9-6-10-23-13)17-18-16(20)22-11-12-7-4-3-5-8-12/h3-10H,2,11H2,1H3,(H,18,20)/b17-14-. The van der Waals surface area contributed by atoms with Gasteiger partial charge in [-0.3, -0.25) is 0 Å². The molecule has 0 unspecified atom stereocenters. The van der Waals surface area contributed by atoms with Crippen LogP contribution < -0.4 is 5.43 Å². The molecular weight excluding hydrogens is 316 g/mol. The summed E-state index contributed by atoms with van der Waals surface area (Å²) in [7, 11) is 0. The predicted molar refractivity (Wildman–Crippen MR) is 87.3 cm³/mol. The Hall–Kier alpha value is -2.67. The lowest BCUT2D eigenvalue weighted by atomic mass is 10.2. The van der Waals surface area contributed by atoms with Crippen molar-refractivity contribution in [1.29, 1.82) is 0 Å². The van der Waals surface area contributed by atoms with Crippen molar-refractivity contribution in [3.8, 4) is 0 Å². The van der Waals surface area contributed by atoms with Crippen LogP contribution in [0.1, 0.15) is 17.4 Å². The van der Waals surface area contributed by atoms with Gasteiger partial charge < -0.3 is 9.47 Å². The maximum absolute atomic E-state index is 11.9. The van der Waals surface area contributed by atoms with Crippen LogP contribution in [0.15, 0.2) is 52.9 Å². The molecule has 120 valence electrons. The Morgan fingerprint density at radius 3 is 2.57 bits per heavy atom. The van der Waals surface area contributed by atoms with Gasteiger partial charge in [0.05, 0.1) is 11.5 Å². The van der Waals surface area contributed by atoms with Crippen molar-refractivity contribution in [3.05, 3.63) is 58.3 Å². The number of rotatable bonds is 6. The second-order valence-electron chi connectivity index (χ2n) is 4.33. The van der Waals surface area contributed by atoms with Crippen LogP contribution in [0.2, 0.25) is 0 Å². The third kappa shape index (κ3) is 5.23. The van der Waals surface area contributed by atoms with Crippen LogP contribution in [0, 0.1) is 0 Å². The summed E-state index contributed by atoms with van der Waals surface area (Å²) in [6.07, 6.45) is -0.743. The Kier molecular flexibility index (Phi) is 6.31. The summed E-state index contributed by atoms with van der Waals surface area (Å²) in [5.41, 5.74) is 3.11. The molecule has 0 fully saturated rings. The fraction of sp³-hybridized carbons (Fsp3) is 0.188. The molecule has 0 aliphatic heterocycles. The van der Waals surface area contributed by atoms with Gasteiger partial charge in [0.15, 0.2) is 5.71 Å². The molecule has 0 spiro atoms. The summed E-state index contributed by atoms with van der Waals surface area (Å²) < 4.78 is 9.96. The molecule has 6 nitrogen and oxygen atoms in total. The van der Waals surface area contributed by atoms with E-state index in [1.165, 1.54) is 11.3 Å². The van der Waals surface area contributed by atoms with E-state index in [-0.39, 0.29) is 18.9 Å². The summed E-state index contributed by atoms with van der Waals surface area (Å²) in [5, 5.41) is 5.63. The zero-order valence-electron chi connectivity index (χ0n) is 12.5. The van der Waals surface area contributed by atoms with Crippen LogP contribution in [0.3, 0.4) is 0 Å². The zero-order valence-corrected chi connectivity index (χ0v) is 13.3. The van der Waals surface area contributed by atoms with Crippen molar-refractivity contribution in [2.45, 2.75) is 13.5 Å². The Morgan fingerprint density at radius 2 is 1.91 bits per heavy atom. The summed E-state index contributed by atoms with van der Waals surface area (Å²) in [6.45, 7) is 2.04. The van der Waals surface area contributed by atoms with Crippen molar-refractivity contribution in [1.82, 2.24) is 5.43 Å². The number of amides is 1. The number of carbonyl (C=O) groups excluding carboxylic acids is 2. The van der Waals surface area contributed by atoms with E-state index in [4.69, 9.17) is 9.47 Å². The highest BCUT2D eigenvalue weighted by Gasteiger charge is 2.17. The van der Waals surface area contributed by atoms with Gasteiger partial charge in [-0.15, -0.1) is 11.3 Å². The summed E-state index contributed by atoms with van der Waals surface area (Å²) in [6, 6.07) is 12.8. The average Bonchev–Trinajstić information content (AvgIpc) is 3.08. The number of esters is 1. The zero-order chi connectivity index (χ0) is 16.5. The minimum atomic E-state index is -0.743. The molecule has 1 N–H and O–H groups in total. The molecule has 0 radical (unpaired) electrons. The molecule has 7 heteroatoms. The van der Waals surface area contributed by atoms with Gasteiger partial charge in [-0.2, -0.15) is 5.10 Å². The lowest BCUT2D eigenvalue weighted by molar-refractivity contribution is -0.134. The topological polar surface area (TPSA) is 77.0 Å². The van der Waals surface area contributed by atoms with Crippen LogP contribution >= 0.6 is 11.3 Å². The first-order chi connectivity index (χ1) is 11.2. The number of ether oxygens (including phenoxy) is 2. The Balaban J connectivity index is 1.96. The molecule has 1 amide bonds. The van der Waals surface area contributed by atoms with Crippen LogP contribution in [0.25, 0.3) is 0 Å². The van der Waals surface area contributed by atoms with E-state index in [1.807, 2.05) is 30.3 Å². The molecule has 0 saturated carbocycles. The molecule has 0 aliphatic carbocycles. The first-order valence-corrected chi connectivity index (χ1v) is 7.84. The SMILES string of the molecule is CCOC(=O)/C(=N\NC(=O)OCc1ccccc1)c1cccs1. The number of hydrazone groups is 1. The molecule has 0 saturated heterocycles. The second-order valence-corrected chi connectivity index (χ2v) is 5.28. The lowest BCUT2D eigenvalue weighted by Crippen LogP contribution is -2.25. The van der Waals surface area contributed by atoms with E-state index in [0.717, 1.165) is 5.56 Å². The fourth-order valence-electron chi connectivity index (χ4n) is 1.67. The molecular formula is C16H16N2O4S. The molecule has 1 aromatic heterocycles. The normalized spacial score (nSPS) is 10.9.